The average molecular weight is 270 g/mol. The molecule has 0 radical (unpaired) electrons. The van der Waals surface area contributed by atoms with Gasteiger partial charge < -0.3 is 5.73 Å². The van der Waals surface area contributed by atoms with E-state index in [9.17, 15) is 13.2 Å². The highest BCUT2D eigenvalue weighted by molar-refractivity contribution is 7.89. The molecule has 0 aromatic heterocycles. The fourth-order valence-corrected chi connectivity index (χ4v) is 3.43. The first-order chi connectivity index (χ1) is 8.16. The van der Waals surface area contributed by atoms with Crippen LogP contribution in [-0.4, -0.2) is 20.9 Å². The van der Waals surface area contributed by atoms with Gasteiger partial charge in [0.25, 0.3) is 0 Å². The molecule has 0 aliphatic rings. The lowest BCUT2D eigenvalue weighted by Gasteiger charge is -2.15. The molecule has 0 bridgehead atoms. The summed E-state index contributed by atoms with van der Waals surface area (Å²) in [6, 6.07) is 1.94. The first-order valence-electron chi connectivity index (χ1n) is 5.52. The van der Waals surface area contributed by atoms with E-state index in [1.165, 1.54) is 0 Å². The van der Waals surface area contributed by atoms with Crippen LogP contribution in [0.25, 0.3) is 0 Å². The lowest BCUT2D eigenvalue weighted by atomic mass is 10.0. The van der Waals surface area contributed by atoms with Crippen molar-refractivity contribution in [3.8, 4) is 0 Å². The first kappa shape index (κ1) is 14.7. The van der Waals surface area contributed by atoms with Gasteiger partial charge in [0.05, 0.1) is 11.4 Å². The van der Waals surface area contributed by atoms with E-state index >= 15 is 0 Å². The molecule has 0 fully saturated rings. The van der Waals surface area contributed by atoms with Gasteiger partial charge in [0.1, 0.15) is 0 Å². The van der Waals surface area contributed by atoms with Crippen LogP contribution in [0.4, 0.5) is 0 Å². The molecule has 1 rings (SSSR count). The number of amides is 1. The summed E-state index contributed by atoms with van der Waals surface area (Å²) < 4.78 is 26.5. The third kappa shape index (κ3) is 2.88. The molecule has 0 saturated carbocycles. The molecule has 0 unspecified atom stereocenters. The van der Waals surface area contributed by atoms with Crippen LogP contribution in [0.3, 0.4) is 0 Å². The second-order valence-electron chi connectivity index (χ2n) is 4.38. The summed E-state index contributed by atoms with van der Waals surface area (Å²) in [5, 5.41) is 0. The number of nitrogens with two attached hydrogens (primary N) is 1. The summed E-state index contributed by atoms with van der Waals surface area (Å²) in [5.74, 6) is -0.710. The van der Waals surface area contributed by atoms with Crippen LogP contribution in [-0.2, 0) is 14.8 Å². The number of nitrogens with one attached hydrogen (secondary N) is 1. The third-order valence-electron chi connectivity index (χ3n) is 3.00. The standard InChI is InChI=1S/C12H18N2O3S/c1-7-5-8(2)10(4)12(9(7)3)18(16,17)14-6-11(13)15/h5,14H,6H2,1-4H3,(H2,13,15). The van der Waals surface area contributed by atoms with Crippen LogP contribution in [0, 0.1) is 27.7 Å². The Hall–Kier alpha value is -1.40. The van der Waals surface area contributed by atoms with E-state index < -0.39 is 22.5 Å². The fourth-order valence-electron chi connectivity index (χ4n) is 1.82. The maximum absolute atomic E-state index is 12.2. The maximum Gasteiger partial charge on any atom is 0.241 e. The van der Waals surface area contributed by atoms with Gasteiger partial charge in [-0.15, -0.1) is 0 Å². The van der Waals surface area contributed by atoms with Crippen LogP contribution in [0.2, 0.25) is 0 Å². The Kier molecular flexibility index (Phi) is 4.13. The van der Waals surface area contributed by atoms with Crippen molar-refractivity contribution in [2.75, 3.05) is 6.54 Å². The highest BCUT2D eigenvalue weighted by Gasteiger charge is 2.22. The van der Waals surface area contributed by atoms with Crippen molar-refractivity contribution in [2.45, 2.75) is 32.6 Å². The third-order valence-corrected chi connectivity index (χ3v) is 4.68. The molecule has 0 heterocycles. The smallest absolute Gasteiger partial charge is 0.241 e. The van der Waals surface area contributed by atoms with Crippen molar-refractivity contribution >= 4 is 15.9 Å². The van der Waals surface area contributed by atoms with Crippen molar-refractivity contribution < 1.29 is 13.2 Å². The summed E-state index contributed by atoms with van der Waals surface area (Å²) in [4.78, 5) is 10.9. The number of hydrogen-bond acceptors (Lipinski definition) is 3. The molecule has 1 aromatic rings. The SMILES string of the molecule is Cc1cc(C)c(C)c(S(=O)(=O)NCC(N)=O)c1C. The van der Waals surface area contributed by atoms with Crippen LogP contribution >= 0.6 is 0 Å². The Morgan fingerprint density at radius 3 is 2.00 bits per heavy atom. The van der Waals surface area contributed by atoms with E-state index in [1.807, 2.05) is 19.9 Å². The molecule has 3 N–H and O–H groups in total. The molecule has 100 valence electrons. The summed E-state index contributed by atoms with van der Waals surface area (Å²) >= 11 is 0. The van der Waals surface area contributed by atoms with Gasteiger partial charge in [-0.05, 0) is 49.9 Å². The summed E-state index contributed by atoms with van der Waals surface area (Å²) in [7, 11) is -3.71. The molecule has 0 aliphatic carbocycles. The minimum atomic E-state index is -3.71. The number of carbonyl (C=O) groups is 1. The topological polar surface area (TPSA) is 89.3 Å². The van der Waals surface area contributed by atoms with Crippen molar-refractivity contribution in [2.24, 2.45) is 5.73 Å². The van der Waals surface area contributed by atoms with Crippen molar-refractivity contribution in [1.82, 2.24) is 4.72 Å². The molecule has 1 amide bonds. The summed E-state index contributed by atoms with van der Waals surface area (Å²) in [5.41, 5.74) is 8.13. The second-order valence-corrected chi connectivity index (χ2v) is 6.08. The van der Waals surface area contributed by atoms with Crippen LogP contribution < -0.4 is 10.5 Å². The van der Waals surface area contributed by atoms with Crippen LogP contribution in [0.1, 0.15) is 22.3 Å². The molecule has 0 aliphatic heterocycles. The number of aryl methyl sites for hydroxylation is 2. The molecule has 0 saturated heterocycles. The fraction of sp³-hybridized carbons (Fsp3) is 0.417. The van der Waals surface area contributed by atoms with Gasteiger partial charge in [-0.3, -0.25) is 4.79 Å². The number of sulfonamides is 1. The van der Waals surface area contributed by atoms with E-state index in [-0.39, 0.29) is 4.90 Å². The Bertz CT molecular complexity index is 566. The largest absolute Gasteiger partial charge is 0.369 e. The lowest BCUT2D eigenvalue weighted by Crippen LogP contribution is -2.34. The van der Waals surface area contributed by atoms with Gasteiger partial charge in [0.2, 0.25) is 15.9 Å². The summed E-state index contributed by atoms with van der Waals surface area (Å²) in [6.45, 7) is 6.82. The Balaban J connectivity index is 3.36. The Labute approximate surface area is 107 Å². The predicted molar refractivity (Wildman–Crippen MR) is 69.8 cm³/mol. The molecule has 5 nitrogen and oxygen atoms in total. The van der Waals surface area contributed by atoms with Crippen molar-refractivity contribution in [1.29, 1.82) is 0 Å². The lowest BCUT2D eigenvalue weighted by molar-refractivity contribution is -0.116. The zero-order valence-electron chi connectivity index (χ0n) is 11.0. The maximum atomic E-state index is 12.2. The molecule has 0 spiro atoms. The molecule has 18 heavy (non-hydrogen) atoms. The Morgan fingerprint density at radius 1 is 1.17 bits per heavy atom. The molecular formula is C12H18N2O3S. The highest BCUT2D eigenvalue weighted by Crippen LogP contribution is 2.25. The van der Waals surface area contributed by atoms with Crippen molar-refractivity contribution in [3.63, 3.8) is 0 Å². The van der Waals surface area contributed by atoms with Crippen LogP contribution in [0.5, 0.6) is 0 Å². The van der Waals surface area contributed by atoms with E-state index in [0.29, 0.717) is 11.1 Å². The van der Waals surface area contributed by atoms with Gasteiger partial charge >= 0.3 is 0 Å². The minimum Gasteiger partial charge on any atom is -0.369 e. The molecule has 1 aromatic carbocycles. The number of benzene rings is 1. The first-order valence-corrected chi connectivity index (χ1v) is 7.00. The molecular weight excluding hydrogens is 252 g/mol. The number of hydrogen-bond donors (Lipinski definition) is 2. The monoisotopic (exact) mass is 270 g/mol. The van der Waals surface area contributed by atoms with E-state index in [0.717, 1.165) is 11.1 Å². The van der Waals surface area contributed by atoms with Gasteiger partial charge in [0, 0.05) is 0 Å². The van der Waals surface area contributed by atoms with Crippen molar-refractivity contribution in [3.05, 3.63) is 28.3 Å². The van der Waals surface area contributed by atoms with Gasteiger partial charge in [0.15, 0.2) is 0 Å². The number of rotatable bonds is 4. The van der Waals surface area contributed by atoms with E-state index in [1.54, 1.807) is 13.8 Å². The zero-order valence-corrected chi connectivity index (χ0v) is 11.8. The predicted octanol–water partition coefficient (Wildman–Crippen LogP) is 0.684. The van der Waals surface area contributed by atoms with Crippen LogP contribution in [0.15, 0.2) is 11.0 Å². The number of primary amides is 1. The Morgan fingerprint density at radius 2 is 1.61 bits per heavy atom. The molecule has 6 heteroatoms. The zero-order chi connectivity index (χ0) is 14.1. The van der Waals surface area contributed by atoms with Gasteiger partial charge in [-0.1, -0.05) is 6.07 Å². The normalized spacial score (nSPS) is 11.6. The number of carbonyl (C=O) groups excluding carboxylic acids is 1. The summed E-state index contributed by atoms with van der Waals surface area (Å²) in [6.07, 6.45) is 0. The quantitative estimate of drug-likeness (QED) is 0.843. The van der Waals surface area contributed by atoms with E-state index in [2.05, 4.69) is 4.72 Å². The van der Waals surface area contributed by atoms with E-state index in [4.69, 9.17) is 5.73 Å². The second kappa shape index (κ2) is 5.07. The molecule has 0 atom stereocenters. The minimum absolute atomic E-state index is 0.237. The average Bonchev–Trinajstić information content (AvgIpc) is 2.24. The highest BCUT2D eigenvalue weighted by atomic mass is 32.2. The van der Waals surface area contributed by atoms with Gasteiger partial charge in [-0.2, -0.15) is 0 Å². The van der Waals surface area contributed by atoms with Gasteiger partial charge in [-0.25, -0.2) is 13.1 Å².